The number of rotatable bonds is 1. The number of hydrogen-bond donors (Lipinski definition) is 1. The number of aromatic nitrogens is 3. The predicted molar refractivity (Wildman–Crippen MR) is 57.4 cm³/mol. The number of nitrogens with one attached hydrogen (secondary N) is 1. The summed E-state index contributed by atoms with van der Waals surface area (Å²) in [5.74, 6) is 0.0964. The van der Waals surface area contributed by atoms with E-state index >= 15 is 0 Å². The van der Waals surface area contributed by atoms with E-state index in [0.717, 1.165) is 5.82 Å². The summed E-state index contributed by atoms with van der Waals surface area (Å²) in [4.78, 5) is 29.7. The molecule has 1 N–H and O–H groups in total. The Kier molecular flexibility index (Phi) is 2.26. The van der Waals surface area contributed by atoms with Crippen molar-refractivity contribution in [3.8, 4) is 0 Å². The van der Waals surface area contributed by atoms with Crippen LogP contribution in [-0.4, -0.2) is 27.6 Å². The molecule has 0 aromatic carbocycles. The van der Waals surface area contributed by atoms with Gasteiger partial charge in [-0.2, -0.15) is 0 Å². The summed E-state index contributed by atoms with van der Waals surface area (Å²) in [5, 5.41) is 0. The Balaban J connectivity index is 2.77. The van der Waals surface area contributed by atoms with E-state index in [1.807, 2.05) is 6.92 Å². The Bertz CT molecular complexity index is 624. The molecule has 0 bridgehead atoms. The van der Waals surface area contributed by atoms with Gasteiger partial charge in [-0.25, -0.2) is 9.78 Å². The molecule has 0 unspecified atom stereocenters. The zero-order valence-electron chi connectivity index (χ0n) is 9.20. The molecule has 0 fully saturated rings. The molecule has 0 aliphatic rings. The highest BCUT2D eigenvalue weighted by atomic mass is 16.5. The van der Waals surface area contributed by atoms with Crippen LogP contribution >= 0.6 is 0 Å². The molecule has 0 aliphatic heterocycles. The molecule has 84 valence electrons. The van der Waals surface area contributed by atoms with Crippen molar-refractivity contribution in [1.82, 2.24) is 14.5 Å². The molecule has 0 saturated heterocycles. The predicted octanol–water partition coefficient (Wildman–Crippen LogP) is 0.357. The minimum absolute atomic E-state index is 0.0342. The average molecular weight is 221 g/mol. The zero-order valence-corrected chi connectivity index (χ0v) is 9.20. The second-order valence-electron chi connectivity index (χ2n) is 3.46. The van der Waals surface area contributed by atoms with Crippen LogP contribution in [0.4, 0.5) is 0 Å². The molecule has 16 heavy (non-hydrogen) atoms. The van der Waals surface area contributed by atoms with Crippen molar-refractivity contribution < 1.29 is 9.53 Å². The van der Waals surface area contributed by atoms with Gasteiger partial charge in [0.2, 0.25) is 0 Å². The van der Waals surface area contributed by atoms with Gasteiger partial charge in [-0.05, 0) is 13.0 Å². The second kappa shape index (κ2) is 3.48. The zero-order chi connectivity index (χ0) is 11.9. The standard InChI is InChI=1S/C10H11N3O3/c1-5-11-7-4-6(10(15)16-3)9(14)12-8(7)13(5)2/h4H,1-3H3,(H,12,14). The van der Waals surface area contributed by atoms with Gasteiger partial charge in [0.1, 0.15) is 22.6 Å². The third-order valence-electron chi connectivity index (χ3n) is 2.51. The summed E-state index contributed by atoms with van der Waals surface area (Å²) < 4.78 is 6.26. The van der Waals surface area contributed by atoms with Crippen LogP contribution < -0.4 is 5.56 Å². The molecule has 0 saturated carbocycles. The number of ether oxygens (including phenoxy) is 1. The van der Waals surface area contributed by atoms with E-state index in [1.54, 1.807) is 11.6 Å². The number of carbonyl (C=O) groups excluding carboxylic acids is 1. The van der Waals surface area contributed by atoms with Crippen molar-refractivity contribution in [3.05, 3.63) is 27.8 Å². The summed E-state index contributed by atoms with van der Waals surface area (Å²) >= 11 is 0. The van der Waals surface area contributed by atoms with E-state index < -0.39 is 11.5 Å². The number of aromatic amines is 1. The number of pyridine rings is 1. The van der Waals surface area contributed by atoms with E-state index in [-0.39, 0.29) is 5.56 Å². The van der Waals surface area contributed by atoms with Crippen molar-refractivity contribution in [2.75, 3.05) is 7.11 Å². The summed E-state index contributed by atoms with van der Waals surface area (Å²) in [6.45, 7) is 1.82. The lowest BCUT2D eigenvalue weighted by atomic mass is 10.2. The third-order valence-corrected chi connectivity index (χ3v) is 2.51. The molecule has 6 nitrogen and oxygen atoms in total. The lowest BCUT2D eigenvalue weighted by Gasteiger charge is -1.99. The van der Waals surface area contributed by atoms with E-state index in [0.29, 0.717) is 11.2 Å². The number of nitrogens with zero attached hydrogens (tertiary/aromatic N) is 2. The van der Waals surface area contributed by atoms with Gasteiger partial charge in [0, 0.05) is 7.05 Å². The molecule has 0 atom stereocenters. The fourth-order valence-corrected chi connectivity index (χ4v) is 1.52. The number of fused-ring (bicyclic) bond motifs is 1. The molecular weight excluding hydrogens is 210 g/mol. The Morgan fingerprint density at radius 1 is 1.56 bits per heavy atom. The van der Waals surface area contributed by atoms with Crippen LogP contribution in [0.25, 0.3) is 11.2 Å². The lowest BCUT2D eigenvalue weighted by Crippen LogP contribution is -2.19. The first kappa shape index (κ1) is 10.4. The van der Waals surface area contributed by atoms with Gasteiger partial charge in [0.15, 0.2) is 0 Å². The Morgan fingerprint density at radius 3 is 2.88 bits per heavy atom. The topological polar surface area (TPSA) is 77.0 Å². The van der Waals surface area contributed by atoms with Crippen molar-refractivity contribution in [1.29, 1.82) is 0 Å². The molecule has 6 heteroatoms. The highest BCUT2D eigenvalue weighted by Crippen LogP contribution is 2.11. The maximum atomic E-state index is 11.6. The smallest absolute Gasteiger partial charge is 0.343 e. The van der Waals surface area contributed by atoms with Gasteiger partial charge in [0.25, 0.3) is 5.56 Å². The number of H-pyrrole nitrogens is 1. The first-order valence-corrected chi connectivity index (χ1v) is 4.69. The highest BCUT2D eigenvalue weighted by Gasteiger charge is 2.14. The van der Waals surface area contributed by atoms with Gasteiger partial charge < -0.3 is 14.3 Å². The van der Waals surface area contributed by atoms with Crippen LogP contribution in [0.15, 0.2) is 10.9 Å². The molecule has 2 heterocycles. The van der Waals surface area contributed by atoms with Crippen molar-refractivity contribution in [3.63, 3.8) is 0 Å². The first-order chi connectivity index (χ1) is 7.54. The number of methoxy groups -OCH3 is 1. The SMILES string of the molecule is COC(=O)c1cc2nc(C)n(C)c2[nH]c1=O. The Morgan fingerprint density at radius 2 is 2.25 bits per heavy atom. The summed E-state index contributed by atoms with van der Waals surface area (Å²) in [6, 6.07) is 1.44. The van der Waals surface area contributed by atoms with Gasteiger partial charge in [-0.15, -0.1) is 0 Å². The van der Waals surface area contributed by atoms with Gasteiger partial charge in [-0.1, -0.05) is 0 Å². The van der Waals surface area contributed by atoms with Gasteiger partial charge in [0.05, 0.1) is 7.11 Å². The van der Waals surface area contributed by atoms with Crippen molar-refractivity contribution in [2.24, 2.45) is 7.05 Å². The summed E-state index contributed by atoms with van der Waals surface area (Å²) in [6.07, 6.45) is 0. The summed E-state index contributed by atoms with van der Waals surface area (Å²) in [7, 11) is 3.02. The van der Waals surface area contributed by atoms with Crippen molar-refractivity contribution in [2.45, 2.75) is 6.92 Å². The number of aryl methyl sites for hydroxylation is 2. The highest BCUT2D eigenvalue weighted by molar-refractivity contribution is 5.92. The number of esters is 1. The van der Waals surface area contributed by atoms with Crippen LogP contribution in [-0.2, 0) is 11.8 Å². The third kappa shape index (κ3) is 1.39. The van der Waals surface area contributed by atoms with Crippen LogP contribution in [0.1, 0.15) is 16.2 Å². The molecule has 0 spiro atoms. The summed E-state index contributed by atoms with van der Waals surface area (Å²) in [5.41, 5.74) is 0.658. The minimum Gasteiger partial charge on any atom is -0.465 e. The van der Waals surface area contributed by atoms with Crippen LogP contribution in [0, 0.1) is 6.92 Å². The molecule has 0 radical (unpaired) electrons. The van der Waals surface area contributed by atoms with E-state index in [1.165, 1.54) is 13.2 Å². The molecule has 2 rings (SSSR count). The number of imidazole rings is 1. The Hall–Kier alpha value is -2.11. The minimum atomic E-state index is -0.661. The van der Waals surface area contributed by atoms with Gasteiger partial charge in [-0.3, -0.25) is 4.79 Å². The fourth-order valence-electron chi connectivity index (χ4n) is 1.52. The molecular formula is C10H11N3O3. The van der Waals surface area contributed by atoms with Gasteiger partial charge >= 0.3 is 5.97 Å². The van der Waals surface area contributed by atoms with Crippen LogP contribution in [0.2, 0.25) is 0 Å². The van der Waals surface area contributed by atoms with Crippen LogP contribution in [0.3, 0.4) is 0 Å². The van der Waals surface area contributed by atoms with E-state index in [4.69, 9.17) is 0 Å². The molecule has 2 aromatic rings. The maximum absolute atomic E-state index is 11.6. The first-order valence-electron chi connectivity index (χ1n) is 4.69. The van der Waals surface area contributed by atoms with Crippen LogP contribution in [0.5, 0.6) is 0 Å². The lowest BCUT2D eigenvalue weighted by molar-refractivity contribution is 0.0599. The molecule has 0 aliphatic carbocycles. The quantitative estimate of drug-likeness (QED) is 0.705. The maximum Gasteiger partial charge on any atom is 0.343 e. The monoisotopic (exact) mass is 221 g/mol. The van der Waals surface area contributed by atoms with E-state index in [2.05, 4.69) is 14.7 Å². The molecule has 2 aromatic heterocycles. The molecule has 0 amide bonds. The number of carbonyl (C=O) groups is 1. The average Bonchev–Trinajstić information content (AvgIpc) is 2.53. The van der Waals surface area contributed by atoms with E-state index in [9.17, 15) is 9.59 Å². The normalized spacial score (nSPS) is 10.7. The second-order valence-corrected chi connectivity index (χ2v) is 3.46. The number of hydrogen-bond acceptors (Lipinski definition) is 4. The van der Waals surface area contributed by atoms with Crippen molar-refractivity contribution >= 4 is 17.1 Å². The largest absolute Gasteiger partial charge is 0.465 e. The Labute approximate surface area is 90.9 Å². The fraction of sp³-hybridized carbons (Fsp3) is 0.300.